The Balaban J connectivity index is 0.00000144. The molecule has 0 aromatic rings. The summed E-state index contributed by atoms with van der Waals surface area (Å²) in [5, 5.41) is 3.43. The standard InChI is InChI=1S/C12H22N2OS.ClH/c1-10(7-16-2)11(15)14-6-4-12(9-14)3-5-13-8-12;/h10,13H,3-9H2,1-2H3;1H. The van der Waals surface area contributed by atoms with Gasteiger partial charge in [0.05, 0.1) is 0 Å². The molecule has 2 unspecified atom stereocenters. The second-order valence-electron chi connectivity index (χ2n) is 5.29. The fourth-order valence-corrected chi connectivity index (χ4v) is 3.54. The van der Waals surface area contributed by atoms with Crippen LogP contribution in [0.4, 0.5) is 0 Å². The first-order chi connectivity index (χ1) is 7.67. The first-order valence-electron chi connectivity index (χ1n) is 6.15. The molecule has 3 nitrogen and oxygen atoms in total. The zero-order valence-electron chi connectivity index (χ0n) is 10.7. The third kappa shape index (κ3) is 3.30. The van der Waals surface area contributed by atoms with E-state index in [0.29, 0.717) is 11.3 Å². The quantitative estimate of drug-likeness (QED) is 0.852. The molecular formula is C12H23ClN2OS. The van der Waals surface area contributed by atoms with E-state index in [-0.39, 0.29) is 18.3 Å². The van der Waals surface area contributed by atoms with E-state index in [1.54, 1.807) is 11.8 Å². The minimum Gasteiger partial charge on any atom is -0.342 e. The number of halogens is 1. The van der Waals surface area contributed by atoms with Gasteiger partial charge in [-0.1, -0.05) is 6.92 Å². The fourth-order valence-electron chi connectivity index (χ4n) is 2.90. The van der Waals surface area contributed by atoms with Crippen molar-refractivity contribution >= 4 is 30.1 Å². The molecule has 2 aliphatic heterocycles. The number of thioether (sulfide) groups is 1. The monoisotopic (exact) mass is 278 g/mol. The van der Waals surface area contributed by atoms with Gasteiger partial charge in [0.15, 0.2) is 0 Å². The van der Waals surface area contributed by atoms with E-state index in [9.17, 15) is 4.79 Å². The molecule has 0 radical (unpaired) electrons. The average Bonchev–Trinajstić information content (AvgIpc) is 2.89. The molecule has 0 aromatic carbocycles. The second kappa shape index (κ2) is 6.30. The van der Waals surface area contributed by atoms with Gasteiger partial charge in [0.2, 0.25) is 5.91 Å². The predicted molar refractivity (Wildman–Crippen MR) is 75.9 cm³/mol. The topological polar surface area (TPSA) is 32.3 Å². The van der Waals surface area contributed by atoms with Gasteiger partial charge < -0.3 is 10.2 Å². The lowest BCUT2D eigenvalue weighted by molar-refractivity contribution is -0.133. The molecule has 100 valence electrons. The molecule has 0 aliphatic carbocycles. The first-order valence-corrected chi connectivity index (χ1v) is 7.55. The van der Waals surface area contributed by atoms with Crippen molar-refractivity contribution < 1.29 is 4.79 Å². The van der Waals surface area contributed by atoms with E-state index >= 15 is 0 Å². The van der Waals surface area contributed by atoms with Crippen LogP contribution in [0.5, 0.6) is 0 Å². The summed E-state index contributed by atoms with van der Waals surface area (Å²) >= 11 is 1.76. The van der Waals surface area contributed by atoms with Crippen LogP contribution in [0.25, 0.3) is 0 Å². The van der Waals surface area contributed by atoms with Gasteiger partial charge in [-0.2, -0.15) is 11.8 Å². The van der Waals surface area contributed by atoms with Crippen LogP contribution in [-0.4, -0.2) is 49.0 Å². The van der Waals surface area contributed by atoms with Crippen molar-refractivity contribution in [1.29, 1.82) is 0 Å². The summed E-state index contributed by atoms with van der Waals surface area (Å²) in [4.78, 5) is 14.3. The fraction of sp³-hybridized carbons (Fsp3) is 0.917. The summed E-state index contributed by atoms with van der Waals surface area (Å²) < 4.78 is 0. The maximum atomic E-state index is 12.2. The maximum absolute atomic E-state index is 12.2. The van der Waals surface area contributed by atoms with Gasteiger partial charge in [0.25, 0.3) is 0 Å². The van der Waals surface area contributed by atoms with E-state index < -0.39 is 0 Å². The first kappa shape index (κ1) is 15.1. The Morgan fingerprint density at radius 1 is 1.53 bits per heavy atom. The number of likely N-dealkylation sites (tertiary alicyclic amines) is 1. The van der Waals surface area contributed by atoms with Gasteiger partial charge >= 0.3 is 0 Å². The lowest BCUT2D eigenvalue weighted by Crippen LogP contribution is -2.37. The van der Waals surface area contributed by atoms with Gasteiger partial charge in [-0.25, -0.2) is 0 Å². The Morgan fingerprint density at radius 3 is 2.88 bits per heavy atom. The Kier molecular flexibility index (Phi) is 5.61. The lowest BCUT2D eigenvalue weighted by atomic mass is 9.86. The molecule has 5 heteroatoms. The van der Waals surface area contributed by atoms with Crippen molar-refractivity contribution in [3.63, 3.8) is 0 Å². The molecule has 1 amide bonds. The van der Waals surface area contributed by atoms with Crippen molar-refractivity contribution in [2.45, 2.75) is 19.8 Å². The zero-order valence-corrected chi connectivity index (χ0v) is 12.3. The summed E-state index contributed by atoms with van der Waals surface area (Å²) in [6.45, 7) is 6.24. The largest absolute Gasteiger partial charge is 0.342 e. The molecule has 2 heterocycles. The highest BCUT2D eigenvalue weighted by atomic mass is 35.5. The third-order valence-corrected chi connectivity index (χ3v) is 4.75. The summed E-state index contributed by atoms with van der Waals surface area (Å²) in [6, 6.07) is 0. The molecule has 0 bridgehead atoms. The van der Waals surface area contributed by atoms with Gasteiger partial charge in [-0.3, -0.25) is 4.79 Å². The molecule has 17 heavy (non-hydrogen) atoms. The number of amides is 1. The molecule has 2 rings (SSSR count). The van der Waals surface area contributed by atoms with Crippen molar-refractivity contribution in [2.24, 2.45) is 11.3 Å². The van der Waals surface area contributed by atoms with Crippen LogP contribution in [0.1, 0.15) is 19.8 Å². The highest BCUT2D eigenvalue weighted by molar-refractivity contribution is 7.98. The molecule has 0 aromatic heterocycles. The number of nitrogens with one attached hydrogen (secondary N) is 1. The molecular weight excluding hydrogens is 256 g/mol. The normalized spacial score (nSPS) is 29.4. The molecule has 0 saturated carbocycles. The van der Waals surface area contributed by atoms with E-state index in [2.05, 4.69) is 23.4 Å². The van der Waals surface area contributed by atoms with E-state index in [4.69, 9.17) is 0 Å². The van der Waals surface area contributed by atoms with E-state index in [1.807, 2.05) is 0 Å². The Hall–Kier alpha value is 0.0700. The Morgan fingerprint density at radius 2 is 2.29 bits per heavy atom. The average molecular weight is 279 g/mol. The molecule has 1 spiro atoms. The molecule has 2 saturated heterocycles. The van der Waals surface area contributed by atoms with Crippen molar-refractivity contribution in [3.05, 3.63) is 0 Å². The Bertz CT molecular complexity index is 269. The number of carbonyl (C=O) groups is 1. The number of nitrogens with zero attached hydrogens (tertiary/aromatic N) is 1. The second-order valence-corrected chi connectivity index (χ2v) is 6.20. The van der Waals surface area contributed by atoms with E-state index in [0.717, 1.165) is 31.9 Å². The van der Waals surface area contributed by atoms with Crippen molar-refractivity contribution in [2.75, 3.05) is 38.2 Å². The minimum atomic E-state index is 0. The SMILES string of the molecule is CSCC(C)C(=O)N1CCC2(CCNC2)C1.Cl. The summed E-state index contributed by atoms with van der Waals surface area (Å²) in [5.41, 5.74) is 0.411. The summed E-state index contributed by atoms with van der Waals surface area (Å²) in [5.74, 6) is 1.48. The zero-order chi connectivity index (χ0) is 11.6. The Labute approximate surface area is 114 Å². The molecule has 2 fully saturated rings. The molecule has 1 N–H and O–H groups in total. The molecule has 2 aliphatic rings. The number of rotatable bonds is 3. The van der Waals surface area contributed by atoms with Crippen LogP contribution in [0.3, 0.4) is 0 Å². The van der Waals surface area contributed by atoms with Crippen molar-refractivity contribution in [3.8, 4) is 0 Å². The summed E-state index contributed by atoms with van der Waals surface area (Å²) in [7, 11) is 0. The highest BCUT2D eigenvalue weighted by Crippen LogP contribution is 2.36. The minimum absolute atomic E-state index is 0. The van der Waals surface area contributed by atoms with Crippen LogP contribution < -0.4 is 5.32 Å². The highest BCUT2D eigenvalue weighted by Gasteiger charge is 2.42. The summed E-state index contributed by atoms with van der Waals surface area (Å²) in [6.07, 6.45) is 4.50. The van der Waals surface area contributed by atoms with Gasteiger partial charge in [-0.05, 0) is 25.6 Å². The number of hydrogen-bond donors (Lipinski definition) is 1. The third-order valence-electron chi connectivity index (χ3n) is 3.92. The number of carbonyl (C=O) groups excluding carboxylic acids is 1. The van der Waals surface area contributed by atoms with E-state index in [1.165, 1.54) is 12.8 Å². The maximum Gasteiger partial charge on any atom is 0.226 e. The van der Waals surface area contributed by atoms with Crippen LogP contribution in [0, 0.1) is 11.3 Å². The van der Waals surface area contributed by atoms with Crippen LogP contribution >= 0.6 is 24.2 Å². The lowest BCUT2D eigenvalue weighted by Gasteiger charge is -2.24. The predicted octanol–water partition coefficient (Wildman–Crippen LogP) is 1.62. The van der Waals surface area contributed by atoms with Gasteiger partial charge in [0, 0.05) is 36.7 Å². The van der Waals surface area contributed by atoms with Crippen LogP contribution in [0.15, 0.2) is 0 Å². The van der Waals surface area contributed by atoms with Gasteiger partial charge in [-0.15, -0.1) is 12.4 Å². The number of hydrogen-bond acceptors (Lipinski definition) is 3. The smallest absolute Gasteiger partial charge is 0.226 e. The van der Waals surface area contributed by atoms with Crippen LogP contribution in [0.2, 0.25) is 0 Å². The molecule has 2 atom stereocenters. The van der Waals surface area contributed by atoms with Crippen molar-refractivity contribution in [1.82, 2.24) is 10.2 Å². The van der Waals surface area contributed by atoms with Gasteiger partial charge in [0.1, 0.15) is 0 Å². The van der Waals surface area contributed by atoms with Crippen LogP contribution in [-0.2, 0) is 4.79 Å².